The minimum absolute atomic E-state index is 0.158. The third-order valence-corrected chi connectivity index (χ3v) is 5.41. The van der Waals surface area contributed by atoms with Crippen molar-refractivity contribution >= 4 is 17.5 Å². The number of nitrogens with one attached hydrogen (secondary N) is 1. The maximum absolute atomic E-state index is 13.0. The van der Waals surface area contributed by atoms with E-state index >= 15 is 0 Å². The van der Waals surface area contributed by atoms with Gasteiger partial charge in [-0.25, -0.2) is 4.98 Å². The summed E-state index contributed by atoms with van der Waals surface area (Å²) in [5, 5.41) is 12.7. The van der Waals surface area contributed by atoms with Gasteiger partial charge in [0.25, 0.3) is 5.56 Å². The molecule has 0 fully saturated rings. The molecule has 2 aromatic heterocycles. The number of amides is 1. The minimum atomic E-state index is -0.373. The highest BCUT2D eigenvalue weighted by atomic mass is 35.5. The zero-order chi connectivity index (χ0) is 23.3. The second-order valence-electron chi connectivity index (χ2n) is 7.37. The van der Waals surface area contributed by atoms with Gasteiger partial charge in [0.1, 0.15) is 5.76 Å². The number of hydrogen-bond donors (Lipinski definition) is 2. The zero-order valence-corrected chi connectivity index (χ0v) is 18.7. The van der Waals surface area contributed by atoms with Crippen LogP contribution < -0.4 is 16.6 Å². The summed E-state index contributed by atoms with van der Waals surface area (Å²) in [7, 11) is 0. The van der Waals surface area contributed by atoms with E-state index in [2.05, 4.69) is 10.3 Å². The van der Waals surface area contributed by atoms with Crippen molar-refractivity contribution in [2.45, 2.75) is 46.3 Å². The van der Waals surface area contributed by atoms with Crippen molar-refractivity contribution in [3.8, 4) is 6.07 Å². The van der Waals surface area contributed by atoms with Gasteiger partial charge in [0.2, 0.25) is 5.91 Å². The van der Waals surface area contributed by atoms with Crippen LogP contribution in [0.25, 0.3) is 0 Å². The van der Waals surface area contributed by atoms with Gasteiger partial charge in [-0.15, -0.1) is 0 Å². The largest absolute Gasteiger partial charge is 0.446 e. The highest BCUT2D eigenvalue weighted by Gasteiger charge is 2.16. The molecule has 0 aliphatic heterocycles. The highest BCUT2D eigenvalue weighted by Crippen LogP contribution is 2.16. The maximum Gasteiger partial charge on any atom is 0.255 e. The Bertz CT molecular complexity index is 1240. The fourth-order valence-corrected chi connectivity index (χ4v) is 3.67. The molecule has 166 valence electrons. The van der Waals surface area contributed by atoms with E-state index in [0.29, 0.717) is 36.2 Å². The van der Waals surface area contributed by atoms with E-state index in [9.17, 15) is 14.9 Å². The first-order valence-corrected chi connectivity index (χ1v) is 10.5. The topological polar surface area (TPSA) is 127 Å². The van der Waals surface area contributed by atoms with E-state index in [1.165, 1.54) is 4.57 Å². The summed E-state index contributed by atoms with van der Waals surface area (Å²) in [5.41, 5.74) is 8.15. The summed E-state index contributed by atoms with van der Waals surface area (Å²) in [6.45, 7) is 4.48. The SMILES string of the molecule is Cc1nc(CCn2ccc(C#N)c(CC(=O)NCc3cc(Cl)ccc3CN)c2=O)c(C)o1. The predicted octanol–water partition coefficient (Wildman–Crippen LogP) is 2.54. The van der Waals surface area contributed by atoms with Crippen molar-refractivity contribution in [2.75, 3.05) is 0 Å². The Labute approximate surface area is 190 Å². The van der Waals surface area contributed by atoms with Gasteiger partial charge < -0.3 is 20.0 Å². The summed E-state index contributed by atoms with van der Waals surface area (Å²) < 4.78 is 6.91. The summed E-state index contributed by atoms with van der Waals surface area (Å²) in [4.78, 5) is 29.9. The Morgan fingerprint density at radius 3 is 2.75 bits per heavy atom. The number of oxazole rings is 1. The monoisotopic (exact) mass is 453 g/mol. The predicted molar refractivity (Wildman–Crippen MR) is 120 cm³/mol. The number of rotatable bonds is 8. The van der Waals surface area contributed by atoms with E-state index in [4.69, 9.17) is 21.8 Å². The van der Waals surface area contributed by atoms with Crippen molar-refractivity contribution < 1.29 is 9.21 Å². The number of carbonyl (C=O) groups excluding carboxylic acids is 1. The van der Waals surface area contributed by atoms with Gasteiger partial charge in [-0.1, -0.05) is 17.7 Å². The average Bonchev–Trinajstić information content (AvgIpc) is 3.09. The van der Waals surface area contributed by atoms with Crippen LogP contribution in [0.1, 0.15) is 39.6 Å². The maximum atomic E-state index is 13.0. The van der Waals surface area contributed by atoms with E-state index < -0.39 is 0 Å². The summed E-state index contributed by atoms with van der Waals surface area (Å²) in [5.74, 6) is 0.906. The van der Waals surface area contributed by atoms with Crippen LogP contribution in [0.2, 0.25) is 5.02 Å². The number of carbonyl (C=O) groups is 1. The fourth-order valence-electron chi connectivity index (χ4n) is 3.48. The lowest BCUT2D eigenvalue weighted by Gasteiger charge is -2.12. The van der Waals surface area contributed by atoms with Gasteiger partial charge in [0, 0.05) is 49.8 Å². The van der Waals surface area contributed by atoms with E-state index in [1.54, 1.807) is 31.3 Å². The molecule has 3 aromatic rings. The molecule has 1 amide bonds. The molecule has 0 aliphatic carbocycles. The smallest absolute Gasteiger partial charge is 0.255 e. The molecule has 8 nitrogen and oxygen atoms in total. The second-order valence-corrected chi connectivity index (χ2v) is 7.81. The average molecular weight is 454 g/mol. The molecule has 3 rings (SSSR count). The summed E-state index contributed by atoms with van der Waals surface area (Å²) in [6.07, 6.45) is 1.85. The Hall–Kier alpha value is -3.41. The molecule has 0 spiro atoms. The molecule has 0 bridgehead atoms. The van der Waals surface area contributed by atoms with Gasteiger partial charge in [0.05, 0.1) is 23.7 Å². The first-order chi connectivity index (χ1) is 15.3. The molecule has 9 heteroatoms. The van der Waals surface area contributed by atoms with Crippen LogP contribution in [0.5, 0.6) is 0 Å². The van der Waals surface area contributed by atoms with Gasteiger partial charge in [-0.05, 0) is 36.2 Å². The first-order valence-electron chi connectivity index (χ1n) is 10.1. The number of aryl methyl sites for hydroxylation is 4. The number of nitriles is 1. The molecule has 0 radical (unpaired) electrons. The third-order valence-electron chi connectivity index (χ3n) is 5.18. The molecule has 0 saturated carbocycles. The molecule has 2 heterocycles. The van der Waals surface area contributed by atoms with Crippen LogP contribution in [0.4, 0.5) is 0 Å². The number of nitrogens with two attached hydrogens (primary N) is 1. The second kappa shape index (κ2) is 10.3. The molecular formula is C23H24ClN5O3. The quantitative estimate of drug-likeness (QED) is 0.539. The van der Waals surface area contributed by atoms with Gasteiger partial charge in [-0.2, -0.15) is 5.26 Å². The fraction of sp³-hybridized carbons (Fsp3) is 0.304. The normalized spacial score (nSPS) is 10.7. The number of hydrogen-bond acceptors (Lipinski definition) is 6. The van der Waals surface area contributed by atoms with Crippen LogP contribution in [-0.2, 0) is 37.3 Å². The molecule has 0 unspecified atom stereocenters. The summed E-state index contributed by atoms with van der Waals surface area (Å²) in [6, 6.07) is 8.84. The number of aromatic nitrogens is 2. The molecular weight excluding hydrogens is 430 g/mol. The molecule has 0 saturated heterocycles. The molecule has 0 atom stereocenters. The van der Waals surface area contributed by atoms with Crippen LogP contribution in [0.15, 0.2) is 39.7 Å². The standard InChI is InChI=1S/C23H24ClN5O3/c1-14-21(28-15(2)32-14)6-8-29-7-5-17(12-26)20(23(29)31)10-22(30)27-13-18-9-19(24)4-3-16(18)11-25/h3-5,7,9H,6,8,10-11,13,25H2,1-2H3,(H,27,30). The van der Waals surface area contributed by atoms with Crippen LogP contribution >= 0.6 is 11.6 Å². The number of halogens is 1. The van der Waals surface area contributed by atoms with Crippen LogP contribution in [0, 0.1) is 25.2 Å². The van der Waals surface area contributed by atoms with Gasteiger partial charge >= 0.3 is 0 Å². The van der Waals surface area contributed by atoms with Crippen molar-refractivity contribution in [3.05, 3.63) is 85.4 Å². The molecule has 32 heavy (non-hydrogen) atoms. The van der Waals surface area contributed by atoms with Crippen molar-refractivity contribution in [2.24, 2.45) is 5.73 Å². The number of pyridine rings is 1. The lowest BCUT2D eigenvalue weighted by atomic mass is 10.1. The Balaban J connectivity index is 1.74. The Morgan fingerprint density at radius 1 is 1.31 bits per heavy atom. The zero-order valence-electron chi connectivity index (χ0n) is 17.9. The van der Waals surface area contributed by atoms with Crippen LogP contribution in [0.3, 0.4) is 0 Å². The summed E-state index contributed by atoms with van der Waals surface area (Å²) >= 11 is 6.04. The molecule has 3 N–H and O–H groups in total. The van der Waals surface area contributed by atoms with E-state index in [1.807, 2.05) is 19.1 Å². The van der Waals surface area contributed by atoms with E-state index in [0.717, 1.165) is 16.8 Å². The molecule has 1 aromatic carbocycles. The number of benzene rings is 1. The van der Waals surface area contributed by atoms with Crippen molar-refractivity contribution in [3.63, 3.8) is 0 Å². The van der Waals surface area contributed by atoms with E-state index in [-0.39, 0.29) is 35.6 Å². The Morgan fingerprint density at radius 2 is 2.09 bits per heavy atom. The Kier molecular flexibility index (Phi) is 7.46. The minimum Gasteiger partial charge on any atom is -0.446 e. The first kappa shape index (κ1) is 23.3. The van der Waals surface area contributed by atoms with Gasteiger partial charge in [0.15, 0.2) is 5.89 Å². The number of nitrogens with zero attached hydrogens (tertiary/aromatic N) is 3. The lowest BCUT2D eigenvalue weighted by Crippen LogP contribution is -2.31. The van der Waals surface area contributed by atoms with Gasteiger partial charge in [-0.3, -0.25) is 9.59 Å². The van der Waals surface area contributed by atoms with Crippen LogP contribution in [-0.4, -0.2) is 15.5 Å². The third kappa shape index (κ3) is 5.44. The van der Waals surface area contributed by atoms with Crippen molar-refractivity contribution in [1.29, 1.82) is 5.26 Å². The molecule has 0 aliphatic rings. The van der Waals surface area contributed by atoms with Crippen molar-refractivity contribution in [1.82, 2.24) is 14.9 Å². The lowest BCUT2D eigenvalue weighted by molar-refractivity contribution is -0.120. The highest BCUT2D eigenvalue weighted by molar-refractivity contribution is 6.30.